The zero-order valence-electron chi connectivity index (χ0n) is 13.5. The van der Waals surface area contributed by atoms with Crippen molar-refractivity contribution in [2.75, 3.05) is 10.0 Å². The van der Waals surface area contributed by atoms with E-state index < -0.39 is 10.0 Å². The minimum atomic E-state index is -3.74. The molecule has 2 aromatic carbocycles. The van der Waals surface area contributed by atoms with E-state index in [-0.39, 0.29) is 16.5 Å². The second-order valence-corrected chi connectivity index (χ2v) is 7.56. The van der Waals surface area contributed by atoms with E-state index in [0.29, 0.717) is 22.8 Å². The highest BCUT2D eigenvalue weighted by atomic mass is 35.5. The summed E-state index contributed by atoms with van der Waals surface area (Å²) in [4.78, 5) is 4.16. The third-order valence-electron chi connectivity index (χ3n) is 3.57. The molecular formula is C18H15ClFN3O2S. The largest absolute Gasteiger partial charge is 0.380 e. The Labute approximate surface area is 155 Å². The van der Waals surface area contributed by atoms with Crippen LogP contribution in [-0.4, -0.2) is 13.4 Å². The van der Waals surface area contributed by atoms with E-state index in [9.17, 15) is 12.8 Å². The Morgan fingerprint density at radius 2 is 1.73 bits per heavy atom. The summed E-state index contributed by atoms with van der Waals surface area (Å²) in [6, 6.07) is 15.5. The van der Waals surface area contributed by atoms with Crippen molar-refractivity contribution in [2.45, 2.75) is 11.4 Å². The molecule has 0 aliphatic heterocycles. The smallest absolute Gasteiger partial charge is 0.263 e. The molecule has 0 unspecified atom stereocenters. The van der Waals surface area contributed by atoms with E-state index in [1.165, 1.54) is 42.6 Å². The first-order valence-electron chi connectivity index (χ1n) is 7.66. The fourth-order valence-corrected chi connectivity index (χ4v) is 3.34. The molecule has 3 rings (SSSR count). The second kappa shape index (κ2) is 7.72. The number of aromatic nitrogens is 1. The highest BCUT2D eigenvalue weighted by Crippen LogP contribution is 2.18. The molecular weight excluding hydrogens is 377 g/mol. The summed E-state index contributed by atoms with van der Waals surface area (Å²) in [7, 11) is -3.74. The van der Waals surface area contributed by atoms with Gasteiger partial charge in [-0.1, -0.05) is 29.8 Å². The lowest BCUT2D eigenvalue weighted by atomic mass is 10.2. The van der Waals surface area contributed by atoms with Gasteiger partial charge < -0.3 is 5.32 Å². The lowest BCUT2D eigenvalue weighted by Crippen LogP contribution is -2.13. The SMILES string of the molecule is O=S(=O)(Nc1ccc(NCc2ccccc2F)cn1)c1ccc(Cl)cc1. The zero-order valence-corrected chi connectivity index (χ0v) is 15.1. The van der Waals surface area contributed by atoms with Crippen LogP contribution in [0.15, 0.2) is 71.8 Å². The lowest BCUT2D eigenvalue weighted by Gasteiger charge is -2.10. The number of halogens is 2. The van der Waals surface area contributed by atoms with Gasteiger partial charge in [-0.2, -0.15) is 0 Å². The molecule has 0 radical (unpaired) electrons. The molecule has 0 saturated heterocycles. The van der Waals surface area contributed by atoms with Crippen LogP contribution in [0.4, 0.5) is 15.9 Å². The van der Waals surface area contributed by atoms with Gasteiger partial charge in [-0.05, 0) is 42.5 Å². The molecule has 0 atom stereocenters. The van der Waals surface area contributed by atoms with Gasteiger partial charge in [-0.3, -0.25) is 4.72 Å². The van der Waals surface area contributed by atoms with Crippen molar-refractivity contribution in [3.63, 3.8) is 0 Å². The van der Waals surface area contributed by atoms with Crippen molar-refractivity contribution in [3.05, 3.63) is 83.3 Å². The van der Waals surface area contributed by atoms with Gasteiger partial charge in [-0.25, -0.2) is 17.8 Å². The van der Waals surface area contributed by atoms with E-state index in [4.69, 9.17) is 11.6 Å². The van der Waals surface area contributed by atoms with E-state index in [1.807, 2.05) is 0 Å². The van der Waals surface area contributed by atoms with Gasteiger partial charge in [0.25, 0.3) is 10.0 Å². The summed E-state index contributed by atoms with van der Waals surface area (Å²) in [5.74, 6) is -0.114. The van der Waals surface area contributed by atoms with E-state index >= 15 is 0 Å². The maximum Gasteiger partial charge on any atom is 0.263 e. The third kappa shape index (κ3) is 4.50. The number of nitrogens with zero attached hydrogens (tertiary/aromatic N) is 1. The number of nitrogens with one attached hydrogen (secondary N) is 2. The molecule has 0 fully saturated rings. The molecule has 5 nitrogen and oxygen atoms in total. The number of sulfonamides is 1. The monoisotopic (exact) mass is 391 g/mol. The summed E-state index contributed by atoms with van der Waals surface area (Å²) >= 11 is 5.77. The summed E-state index contributed by atoms with van der Waals surface area (Å²) in [5.41, 5.74) is 1.17. The molecule has 1 aromatic heterocycles. The zero-order chi connectivity index (χ0) is 18.6. The predicted molar refractivity (Wildman–Crippen MR) is 100 cm³/mol. The van der Waals surface area contributed by atoms with Gasteiger partial charge in [0, 0.05) is 17.1 Å². The standard InChI is InChI=1S/C18H15ClFN3O2S/c19-14-5-8-16(9-6-14)26(24,25)23-18-10-7-15(12-22-18)21-11-13-3-1-2-4-17(13)20/h1-10,12,21H,11H2,(H,22,23). The molecule has 0 aliphatic rings. The molecule has 134 valence electrons. The van der Waals surface area contributed by atoms with Gasteiger partial charge in [0.05, 0.1) is 16.8 Å². The number of hydrogen-bond acceptors (Lipinski definition) is 4. The number of benzene rings is 2. The first-order valence-corrected chi connectivity index (χ1v) is 9.52. The molecule has 0 aliphatic carbocycles. The van der Waals surface area contributed by atoms with E-state index in [1.54, 1.807) is 24.3 Å². The van der Waals surface area contributed by atoms with Crippen molar-refractivity contribution < 1.29 is 12.8 Å². The number of hydrogen-bond donors (Lipinski definition) is 2. The highest BCUT2D eigenvalue weighted by Gasteiger charge is 2.14. The van der Waals surface area contributed by atoms with E-state index in [0.717, 1.165) is 0 Å². The predicted octanol–water partition coefficient (Wildman–Crippen LogP) is 4.29. The molecule has 0 saturated carbocycles. The Hall–Kier alpha value is -2.64. The van der Waals surface area contributed by atoms with Crippen molar-refractivity contribution >= 4 is 33.1 Å². The van der Waals surface area contributed by atoms with Crippen LogP contribution in [-0.2, 0) is 16.6 Å². The second-order valence-electron chi connectivity index (χ2n) is 5.44. The maximum atomic E-state index is 13.6. The number of rotatable bonds is 6. The first-order chi connectivity index (χ1) is 12.4. The minimum absolute atomic E-state index is 0.0884. The fraction of sp³-hybridized carbons (Fsp3) is 0.0556. The minimum Gasteiger partial charge on any atom is -0.380 e. The number of pyridine rings is 1. The van der Waals surface area contributed by atoms with Crippen molar-refractivity contribution in [1.29, 1.82) is 0 Å². The van der Waals surface area contributed by atoms with Gasteiger partial charge in [0.1, 0.15) is 11.6 Å². The Bertz CT molecular complexity index is 994. The van der Waals surface area contributed by atoms with Crippen LogP contribution in [0.25, 0.3) is 0 Å². The summed E-state index contributed by atoms with van der Waals surface area (Å²) in [6.07, 6.45) is 1.47. The van der Waals surface area contributed by atoms with Gasteiger partial charge in [-0.15, -0.1) is 0 Å². The maximum absolute atomic E-state index is 13.6. The molecule has 0 bridgehead atoms. The third-order valence-corrected chi connectivity index (χ3v) is 5.19. The average molecular weight is 392 g/mol. The quantitative estimate of drug-likeness (QED) is 0.657. The van der Waals surface area contributed by atoms with Crippen LogP contribution in [0, 0.1) is 5.82 Å². The Balaban J connectivity index is 1.66. The fourth-order valence-electron chi connectivity index (χ4n) is 2.21. The van der Waals surface area contributed by atoms with Crippen LogP contribution in [0.3, 0.4) is 0 Å². The van der Waals surface area contributed by atoms with Crippen LogP contribution < -0.4 is 10.0 Å². The molecule has 26 heavy (non-hydrogen) atoms. The molecule has 8 heteroatoms. The summed E-state index contributed by atoms with van der Waals surface area (Å²) in [5, 5.41) is 3.49. The molecule has 1 heterocycles. The molecule has 0 spiro atoms. The highest BCUT2D eigenvalue weighted by molar-refractivity contribution is 7.92. The van der Waals surface area contributed by atoms with Gasteiger partial charge >= 0.3 is 0 Å². The summed E-state index contributed by atoms with van der Waals surface area (Å²) in [6.45, 7) is 0.296. The Morgan fingerprint density at radius 3 is 2.38 bits per heavy atom. The van der Waals surface area contributed by atoms with Crippen molar-refractivity contribution in [2.24, 2.45) is 0 Å². The van der Waals surface area contributed by atoms with Crippen LogP contribution in [0.2, 0.25) is 5.02 Å². The molecule has 3 aromatic rings. The normalized spacial score (nSPS) is 11.2. The van der Waals surface area contributed by atoms with Crippen LogP contribution in [0.5, 0.6) is 0 Å². The lowest BCUT2D eigenvalue weighted by molar-refractivity contribution is 0.601. The van der Waals surface area contributed by atoms with E-state index in [2.05, 4.69) is 15.0 Å². The topological polar surface area (TPSA) is 71.1 Å². The van der Waals surface area contributed by atoms with Gasteiger partial charge in [0.15, 0.2) is 0 Å². The average Bonchev–Trinajstić information content (AvgIpc) is 2.62. The molecule has 0 amide bonds. The van der Waals surface area contributed by atoms with Gasteiger partial charge in [0.2, 0.25) is 0 Å². The Morgan fingerprint density at radius 1 is 1.00 bits per heavy atom. The van der Waals surface area contributed by atoms with Crippen molar-refractivity contribution in [3.8, 4) is 0 Å². The van der Waals surface area contributed by atoms with Crippen LogP contribution >= 0.6 is 11.6 Å². The Kier molecular flexibility index (Phi) is 5.39. The summed E-state index contributed by atoms with van der Waals surface area (Å²) < 4.78 is 40.6. The first kappa shape index (κ1) is 18.2. The number of anilines is 2. The molecule has 2 N–H and O–H groups in total. The van der Waals surface area contributed by atoms with Crippen LogP contribution in [0.1, 0.15) is 5.56 Å². The van der Waals surface area contributed by atoms with Crippen molar-refractivity contribution in [1.82, 2.24) is 4.98 Å².